The molecule has 0 aliphatic carbocycles. The zero-order valence-electron chi connectivity index (χ0n) is 17.5. The fourth-order valence-corrected chi connectivity index (χ4v) is 3.96. The largest absolute Gasteiger partial charge is 0.478 e. The van der Waals surface area contributed by atoms with E-state index in [1.54, 1.807) is 0 Å². The van der Waals surface area contributed by atoms with Crippen LogP contribution >= 0.6 is 0 Å². The summed E-state index contributed by atoms with van der Waals surface area (Å²) >= 11 is 0. The Hall–Kier alpha value is -1.51. The highest BCUT2D eigenvalue weighted by atomic mass is 16.5. The fraction of sp³-hybridized carbons (Fsp3) is 0.696. The minimum absolute atomic E-state index is 0.106. The highest BCUT2D eigenvalue weighted by Gasteiger charge is 2.36. The first kappa shape index (κ1) is 20.8. The molecule has 1 aliphatic rings. The summed E-state index contributed by atoms with van der Waals surface area (Å²) in [5.41, 5.74) is 0.427. The molecule has 0 atom stereocenters. The molecule has 0 spiro atoms. The van der Waals surface area contributed by atoms with Gasteiger partial charge in [-0.05, 0) is 75.0 Å². The Morgan fingerprint density at radius 2 is 1.81 bits per heavy atom. The predicted octanol–water partition coefficient (Wildman–Crippen LogP) is 5.33. The summed E-state index contributed by atoms with van der Waals surface area (Å²) in [4.78, 5) is 15.0. The molecule has 0 aromatic heterocycles. The smallest absolute Gasteiger partial charge is 0.266 e. The fourth-order valence-electron chi connectivity index (χ4n) is 3.96. The Labute approximate surface area is 160 Å². The van der Waals surface area contributed by atoms with Crippen LogP contribution in [0, 0.1) is 17.8 Å². The maximum atomic E-state index is 13.0. The lowest BCUT2D eigenvalue weighted by molar-refractivity contribution is -0.147. The summed E-state index contributed by atoms with van der Waals surface area (Å²) in [6.07, 6.45) is 4.52. The van der Waals surface area contributed by atoms with Gasteiger partial charge in [-0.1, -0.05) is 39.8 Å². The first-order valence-corrected chi connectivity index (χ1v) is 10.2. The summed E-state index contributed by atoms with van der Waals surface area (Å²) in [6, 6.07) is 8.17. The molecule has 1 aromatic carbocycles. The topological polar surface area (TPSA) is 29.5 Å². The zero-order valence-corrected chi connectivity index (χ0v) is 17.5. The number of hydrogen-bond acceptors (Lipinski definition) is 2. The van der Waals surface area contributed by atoms with Crippen LogP contribution in [0.5, 0.6) is 5.75 Å². The van der Waals surface area contributed by atoms with Crippen LogP contribution in [-0.2, 0) is 11.2 Å². The van der Waals surface area contributed by atoms with Gasteiger partial charge in [0.05, 0.1) is 0 Å². The van der Waals surface area contributed by atoms with E-state index >= 15 is 0 Å². The molecule has 3 heteroatoms. The number of hydrogen-bond donors (Lipinski definition) is 0. The third-order valence-electron chi connectivity index (χ3n) is 5.14. The molecule has 1 saturated heterocycles. The highest BCUT2D eigenvalue weighted by Crippen LogP contribution is 2.27. The lowest BCUT2D eigenvalue weighted by Gasteiger charge is -2.37. The SMILES string of the molecule is CC(C)Cc1cccc(OC(C)(C)C(=O)N2CCC(CC(C)C)CC2)c1. The highest BCUT2D eigenvalue weighted by molar-refractivity contribution is 5.84. The normalized spacial score (nSPS) is 16.4. The first-order chi connectivity index (χ1) is 12.2. The van der Waals surface area contributed by atoms with Crippen LogP contribution < -0.4 is 4.74 Å². The lowest BCUT2D eigenvalue weighted by atomic mass is 9.88. The number of benzene rings is 1. The van der Waals surface area contributed by atoms with E-state index in [4.69, 9.17) is 4.74 Å². The molecule has 0 unspecified atom stereocenters. The minimum Gasteiger partial charge on any atom is -0.478 e. The Balaban J connectivity index is 1.96. The van der Waals surface area contributed by atoms with Gasteiger partial charge in [0.15, 0.2) is 5.60 Å². The van der Waals surface area contributed by atoms with Gasteiger partial charge < -0.3 is 9.64 Å². The molecule has 3 nitrogen and oxygen atoms in total. The Morgan fingerprint density at radius 3 is 2.38 bits per heavy atom. The maximum absolute atomic E-state index is 13.0. The van der Waals surface area contributed by atoms with Crippen molar-refractivity contribution >= 4 is 5.91 Å². The van der Waals surface area contributed by atoms with E-state index < -0.39 is 5.60 Å². The summed E-state index contributed by atoms with van der Waals surface area (Å²) in [7, 11) is 0. The molecule has 0 N–H and O–H groups in total. The lowest BCUT2D eigenvalue weighted by Crippen LogP contribution is -2.51. The summed E-state index contributed by atoms with van der Waals surface area (Å²) in [5, 5.41) is 0. The van der Waals surface area contributed by atoms with Crippen molar-refractivity contribution in [2.24, 2.45) is 17.8 Å². The number of rotatable bonds is 7. The average Bonchev–Trinajstić information content (AvgIpc) is 2.53. The first-order valence-electron chi connectivity index (χ1n) is 10.2. The average molecular weight is 360 g/mol. The van der Waals surface area contributed by atoms with Crippen LogP contribution in [0.4, 0.5) is 0 Å². The molecule has 146 valence electrons. The number of amides is 1. The van der Waals surface area contributed by atoms with Crippen molar-refractivity contribution in [2.45, 2.75) is 72.8 Å². The van der Waals surface area contributed by atoms with E-state index in [0.29, 0.717) is 5.92 Å². The third-order valence-corrected chi connectivity index (χ3v) is 5.14. The van der Waals surface area contributed by atoms with Crippen molar-refractivity contribution in [2.75, 3.05) is 13.1 Å². The number of piperidine rings is 1. The summed E-state index contributed by atoms with van der Waals surface area (Å²) < 4.78 is 6.14. The summed E-state index contributed by atoms with van der Waals surface area (Å²) in [5.74, 6) is 2.99. The molecule has 0 bridgehead atoms. The van der Waals surface area contributed by atoms with E-state index in [0.717, 1.165) is 49.9 Å². The predicted molar refractivity (Wildman–Crippen MR) is 108 cm³/mol. The second-order valence-corrected chi connectivity index (χ2v) is 9.22. The van der Waals surface area contributed by atoms with E-state index in [2.05, 4.69) is 39.8 Å². The van der Waals surface area contributed by atoms with Crippen molar-refractivity contribution < 1.29 is 9.53 Å². The van der Waals surface area contributed by atoms with Crippen LogP contribution in [0.1, 0.15) is 66.4 Å². The Morgan fingerprint density at radius 1 is 1.15 bits per heavy atom. The molecule has 1 aromatic rings. The van der Waals surface area contributed by atoms with Crippen LogP contribution in [0.3, 0.4) is 0 Å². The molecule has 0 radical (unpaired) electrons. The van der Waals surface area contributed by atoms with Crippen molar-refractivity contribution in [3.63, 3.8) is 0 Å². The quantitative estimate of drug-likeness (QED) is 0.659. The van der Waals surface area contributed by atoms with Crippen LogP contribution in [0.2, 0.25) is 0 Å². The van der Waals surface area contributed by atoms with Gasteiger partial charge in [0.2, 0.25) is 0 Å². The van der Waals surface area contributed by atoms with Gasteiger partial charge in [0.25, 0.3) is 5.91 Å². The van der Waals surface area contributed by atoms with Gasteiger partial charge in [-0.25, -0.2) is 0 Å². The molecule has 1 fully saturated rings. The second kappa shape index (κ2) is 8.92. The maximum Gasteiger partial charge on any atom is 0.266 e. The van der Waals surface area contributed by atoms with Gasteiger partial charge in [-0.3, -0.25) is 4.79 Å². The molecule has 0 saturated carbocycles. The van der Waals surface area contributed by atoms with Crippen molar-refractivity contribution in [3.8, 4) is 5.75 Å². The van der Waals surface area contributed by atoms with Crippen molar-refractivity contribution in [1.82, 2.24) is 4.90 Å². The number of carbonyl (C=O) groups excluding carboxylic acids is 1. The molecular formula is C23H37NO2. The third kappa shape index (κ3) is 6.03. The number of carbonyl (C=O) groups is 1. The van der Waals surface area contributed by atoms with Gasteiger partial charge in [0, 0.05) is 13.1 Å². The van der Waals surface area contributed by atoms with Gasteiger partial charge >= 0.3 is 0 Å². The van der Waals surface area contributed by atoms with E-state index in [1.807, 2.05) is 30.9 Å². The molecule has 1 amide bonds. The van der Waals surface area contributed by atoms with Crippen LogP contribution in [0.25, 0.3) is 0 Å². The molecule has 1 heterocycles. The second-order valence-electron chi connectivity index (χ2n) is 9.22. The van der Waals surface area contributed by atoms with Gasteiger partial charge in [-0.2, -0.15) is 0 Å². The number of nitrogens with zero attached hydrogens (tertiary/aromatic N) is 1. The number of likely N-dealkylation sites (tertiary alicyclic amines) is 1. The minimum atomic E-state index is -0.832. The van der Waals surface area contributed by atoms with Crippen LogP contribution in [0.15, 0.2) is 24.3 Å². The van der Waals surface area contributed by atoms with Gasteiger partial charge in [-0.15, -0.1) is 0 Å². The molecule has 2 rings (SSSR count). The number of ether oxygens (including phenoxy) is 1. The molecule has 26 heavy (non-hydrogen) atoms. The summed E-state index contributed by atoms with van der Waals surface area (Å²) in [6.45, 7) is 14.5. The Kier molecular flexibility index (Phi) is 7.14. The monoisotopic (exact) mass is 359 g/mol. The standard InChI is InChI=1S/C23H37NO2/c1-17(2)14-19-10-12-24(13-11-19)22(25)23(5,6)26-21-9-7-8-20(16-21)15-18(3)4/h7-9,16-19H,10-15H2,1-6H3. The van der Waals surface area contributed by atoms with Crippen molar-refractivity contribution in [3.05, 3.63) is 29.8 Å². The van der Waals surface area contributed by atoms with Crippen LogP contribution in [-0.4, -0.2) is 29.5 Å². The van der Waals surface area contributed by atoms with Gasteiger partial charge in [0.1, 0.15) is 5.75 Å². The Bertz CT molecular complexity index is 584. The van der Waals surface area contributed by atoms with E-state index in [1.165, 1.54) is 12.0 Å². The van der Waals surface area contributed by atoms with E-state index in [9.17, 15) is 4.79 Å². The molecule has 1 aliphatic heterocycles. The molecular weight excluding hydrogens is 322 g/mol. The van der Waals surface area contributed by atoms with Crippen molar-refractivity contribution in [1.29, 1.82) is 0 Å². The zero-order chi connectivity index (χ0) is 19.3. The van der Waals surface area contributed by atoms with E-state index in [-0.39, 0.29) is 5.91 Å².